The van der Waals surface area contributed by atoms with Crippen molar-refractivity contribution in [3.8, 4) is 0 Å². The van der Waals surface area contributed by atoms with Crippen LogP contribution in [0.4, 0.5) is 0 Å². The molecule has 4 aliphatic rings. The highest BCUT2D eigenvalue weighted by atomic mass is 16.5. The van der Waals surface area contributed by atoms with Crippen LogP contribution in [0.25, 0.3) is 0 Å². The van der Waals surface area contributed by atoms with E-state index in [0.717, 1.165) is 24.7 Å². The Morgan fingerprint density at radius 2 is 1.67 bits per heavy atom. The molecule has 2 heteroatoms. The molecule has 1 aromatic carbocycles. The van der Waals surface area contributed by atoms with E-state index in [1.807, 2.05) is 41.5 Å². The highest BCUT2D eigenvalue weighted by molar-refractivity contribution is 5.89. The fourth-order valence-electron chi connectivity index (χ4n) is 10.4. The molecule has 0 spiro atoms. The lowest BCUT2D eigenvalue weighted by molar-refractivity contribution is -0.104. The lowest BCUT2D eigenvalue weighted by Crippen LogP contribution is -2.55. The van der Waals surface area contributed by atoms with Crippen LogP contribution >= 0.6 is 0 Å². The Kier molecular flexibility index (Phi) is 7.52. The van der Waals surface area contributed by atoms with Crippen LogP contribution in [0.5, 0.6) is 0 Å². The van der Waals surface area contributed by atoms with Gasteiger partial charge in [-0.3, -0.25) is 0 Å². The summed E-state index contributed by atoms with van der Waals surface area (Å²) in [6, 6.07) is 9.54. The summed E-state index contributed by atoms with van der Waals surface area (Å²) in [5.41, 5.74) is 6.74. The fraction of sp³-hybridized carbons (Fsp3) is 0.703. The molecule has 39 heavy (non-hydrogen) atoms. The molecule has 0 aliphatic heterocycles. The molecule has 0 N–H and O–H groups in total. The van der Waals surface area contributed by atoms with E-state index in [0.29, 0.717) is 22.3 Å². The summed E-state index contributed by atoms with van der Waals surface area (Å²) in [5, 5.41) is 0. The summed E-state index contributed by atoms with van der Waals surface area (Å²) < 4.78 is 6.26. The summed E-state index contributed by atoms with van der Waals surface area (Å²) in [7, 11) is 0. The van der Waals surface area contributed by atoms with Crippen molar-refractivity contribution in [1.29, 1.82) is 0 Å². The molecule has 0 bridgehead atoms. The molecule has 0 radical (unpaired) electrons. The number of hydrogen-bond acceptors (Lipinski definition) is 2. The van der Waals surface area contributed by atoms with Crippen molar-refractivity contribution >= 4 is 5.97 Å². The van der Waals surface area contributed by atoms with Gasteiger partial charge in [-0.05, 0) is 124 Å². The summed E-state index contributed by atoms with van der Waals surface area (Å²) in [4.78, 5) is 13.0. The molecule has 5 rings (SSSR count). The summed E-state index contributed by atoms with van der Waals surface area (Å²) in [5.74, 6) is 2.01. The van der Waals surface area contributed by atoms with Gasteiger partial charge < -0.3 is 4.74 Å². The maximum absolute atomic E-state index is 13.0. The van der Waals surface area contributed by atoms with Gasteiger partial charge in [0, 0.05) is 5.41 Å². The lowest BCUT2D eigenvalue weighted by atomic mass is 9.43. The number of benzene rings is 1. The first-order valence-corrected chi connectivity index (χ1v) is 16.0. The Morgan fingerprint density at radius 1 is 0.949 bits per heavy atom. The Labute approximate surface area is 239 Å². The van der Waals surface area contributed by atoms with Gasteiger partial charge in [0.1, 0.15) is 6.10 Å². The van der Waals surface area contributed by atoms with E-state index in [-0.39, 0.29) is 22.9 Å². The summed E-state index contributed by atoms with van der Waals surface area (Å²) in [6.07, 6.45) is 14.9. The molecule has 2 nitrogen and oxygen atoms in total. The zero-order valence-corrected chi connectivity index (χ0v) is 26.2. The van der Waals surface area contributed by atoms with E-state index in [2.05, 4.69) is 61.5 Å². The number of hydrogen-bond donors (Lipinski definition) is 0. The molecule has 2 saturated carbocycles. The molecule has 0 saturated heterocycles. The first kappa shape index (κ1) is 28.7. The van der Waals surface area contributed by atoms with Crippen LogP contribution in [-0.2, 0) is 4.74 Å². The third-order valence-corrected chi connectivity index (χ3v) is 12.9. The monoisotopic (exact) mass is 530 g/mol. The van der Waals surface area contributed by atoms with Crippen molar-refractivity contribution < 1.29 is 9.53 Å². The molecule has 214 valence electrons. The first-order chi connectivity index (χ1) is 18.3. The van der Waals surface area contributed by atoms with Crippen molar-refractivity contribution in [3.05, 3.63) is 58.7 Å². The Morgan fingerprint density at radius 3 is 2.36 bits per heavy atom. The quantitative estimate of drug-likeness (QED) is 0.270. The van der Waals surface area contributed by atoms with Gasteiger partial charge in [-0.1, -0.05) is 82.5 Å². The van der Waals surface area contributed by atoms with Gasteiger partial charge in [0.2, 0.25) is 0 Å². The minimum absolute atomic E-state index is 0.0209. The molecular formula is C37H54O2. The van der Waals surface area contributed by atoms with E-state index >= 15 is 0 Å². The predicted octanol–water partition coefficient (Wildman–Crippen LogP) is 10.3. The Hall–Kier alpha value is -1.83. The maximum atomic E-state index is 13.0. The van der Waals surface area contributed by atoms with Crippen LogP contribution in [0.15, 0.2) is 53.1 Å². The molecule has 0 heterocycles. The molecule has 0 aromatic heterocycles. The van der Waals surface area contributed by atoms with Crippen LogP contribution in [0, 0.1) is 39.4 Å². The van der Waals surface area contributed by atoms with E-state index < -0.39 is 0 Å². The van der Waals surface area contributed by atoms with Crippen LogP contribution < -0.4 is 0 Å². The van der Waals surface area contributed by atoms with Crippen LogP contribution in [-0.4, -0.2) is 12.1 Å². The van der Waals surface area contributed by atoms with Crippen LogP contribution in [0.1, 0.15) is 130 Å². The molecule has 2 fully saturated rings. The predicted molar refractivity (Wildman–Crippen MR) is 163 cm³/mol. The largest absolute Gasteiger partial charge is 0.458 e. The van der Waals surface area contributed by atoms with E-state index in [1.165, 1.54) is 56.9 Å². The third kappa shape index (κ3) is 4.57. The van der Waals surface area contributed by atoms with E-state index in [4.69, 9.17) is 4.74 Å². The van der Waals surface area contributed by atoms with Gasteiger partial charge in [0.25, 0.3) is 0 Å². The minimum atomic E-state index is -0.162. The minimum Gasteiger partial charge on any atom is -0.458 e. The van der Waals surface area contributed by atoms with Gasteiger partial charge in [-0.15, -0.1) is 0 Å². The van der Waals surface area contributed by atoms with Crippen molar-refractivity contribution in [2.75, 3.05) is 0 Å². The average Bonchev–Trinajstić information content (AvgIpc) is 3.17. The van der Waals surface area contributed by atoms with Crippen LogP contribution in [0.2, 0.25) is 0 Å². The van der Waals surface area contributed by atoms with Gasteiger partial charge in [-0.2, -0.15) is 0 Å². The molecular weight excluding hydrogens is 476 g/mol. The van der Waals surface area contributed by atoms with Gasteiger partial charge in [0.15, 0.2) is 0 Å². The molecule has 7 atom stereocenters. The Balaban J connectivity index is 1.38. The number of allylic oxidation sites excluding steroid dienone is 4. The highest BCUT2D eigenvalue weighted by Crippen LogP contribution is 2.72. The second-order valence-corrected chi connectivity index (χ2v) is 15.3. The molecule has 0 unspecified atom stereocenters. The summed E-state index contributed by atoms with van der Waals surface area (Å²) >= 11 is 0. The summed E-state index contributed by atoms with van der Waals surface area (Å²) in [6.45, 7) is 19.7. The van der Waals surface area contributed by atoms with Gasteiger partial charge in [0.05, 0.1) is 5.56 Å². The number of esters is 1. The highest BCUT2D eigenvalue weighted by Gasteiger charge is 2.63. The number of fused-ring (bicyclic) bond motifs is 4. The first-order valence-electron chi connectivity index (χ1n) is 16.0. The van der Waals surface area contributed by atoms with Crippen molar-refractivity contribution in [2.24, 2.45) is 39.4 Å². The van der Waals surface area contributed by atoms with Gasteiger partial charge >= 0.3 is 5.97 Å². The van der Waals surface area contributed by atoms with Crippen LogP contribution in [0.3, 0.4) is 0 Å². The molecule has 1 aromatic rings. The number of rotatable bonds is 6. The second-order valence-electron chi connectivity index (χ2n) is 15.3. The number of carbonyl (C=O) groups excluding carboxylic acids is 1. The maximum Gasteiger partial charge on any atom is 0.338 e. The number of carbonyl (C=O) groups is 1. The average molecular weight is 531 g/mol. The Bertz CT molecular complexity index is 1140. The van der Waals surface area contributed by atoms with E-state index in [9.17, 15) is 4.79 Å². The molecule has 4 aliphatic carbocycles. The zero-order chi connectivity index (χ0) is 28.2. The smallest absolute Gasteiger partial charge is 0.338 e. The topological polar surface area (TPSA) is 26.3 Å². The SMILES string of the molecule is CC(C)=CCC[C@@H](C)[C@H]1CC[C@@]2(C)C3=C(CC[C@]12C)[C@@]1(C)CC[C@H](OC(=O)c2ccccc2)C(C)(C)[C@@H]1CC3. The van der Waals surface area contributed by atoms with Crippen molar-refractivity contribution in [3.63, 3.8) is 0 Å². The van der Waals surface area contributed by atoms with E-state index in [1.54, 1.807) is 0 Å². The number of ether oxygens (including phenoxy) is 1. The standard InChI is InChI=1S/C37H54O2/c1-25(2)13-12-14-26(3)28-19-23-37(8)30-17-18-31-34(4,5)32(39-33(38)27-15-10-9-11-16-27)21-22-35(31,6)29(30)20-24-36(28,37)7/h9-11,13,15-16,26,28,31-32H,12,14,17-24H2,1-8H3/t26-,28-,31+,32+,35-,36-,37+/m1/s1. The normalized spacial score (nSPS) is 37.8. The van der Waals surface area contributed by atoms with Crippen molar-refractivity contribution in [2.45, 2.75) is 126 Å². The lowest BCUT2D eigenvalue weighted by Gasteiger charge is -2.62. The third-order valence-electron chi connectivity index (χ3n) is 12.9. The molecule has 0 amide bonds. The van der Waals surface area contributed by atoms with Crippen molar-refractivity contribution in [1.82, 2.24) is 0 Å². The van der Waals surface area contributed by atoms with Gasteiger partial charge in [-0.25, -0.2) is 4.79 Å². The second kappa shape index (κ2) is 10.2. The zero-order valence-electron chi connectivity index (χ0n) is 26.2. The fourth-order valence-corrected chi connectivity index (χ4v) is 10.4.